The Bertz CT molecular complexity index is 451. The fraction of sp³-hybridized carbons (Fsp3) is 0.462. The van der Waals surface area contributed by atoms with E-state index in [2.05, 4.69) is 17.6 Å². The molecule has 2 N–H and O–H groups in total. The number of benzene rings is 1. The Morgan fingerprint density at radius 2 is 2.17 bits per heavy atom. The molecule has 98 valence electrons. The molecule has 1 amide bonds. The maximum Gasteiger partial charge on any atom is 0.241 e. The van der Waals surface area contributed by atoms with Crippen molar-refractivity contribution in [1.29, 1.82) is 0 Å². The summed E-state index contributed by atoms with van der Waals surface area (Å²) in [6.45, 7) is 2.98. The van der Waals surface area contributed by atoms with Gasteiger partial charge in [0.05, 0.1) is 16.1 Å². The first kappa shape index (κ1) is 13.7. The molecule has 3 nitrogen and oxygen atoms in total. The largest absolute Gasteiger partial charge is 0.325 e. The summed E-state index contributed by atoms with van der Waals surface area (Å²) in [5, 5.41) is 7.04. The van der Waals surface area contributed by atoms with Gasteiger partial charge in [-0.25, -0.2) is 0 Å². The summed E-state index contributed by atoms with van der Waals surface area (Å²) < 4.78 is 0. The number of carbonyl (C=O) groups excluding carboxylic acids is 1. The fourth-order valence-electron chi connectivity index (χ4n) is 2.19. The first-order valence-electron chi connectivity index (χ1n) is 6.07. The van der Waals surface area contributed by atoms with Gasteiger partial charge in [0.2, 0.25) is 5.91 Å². The van der Waals surface area contributed by atoms with E-state index in [4.69, 9.17) is 23.2 Å². The molecule has 1 aromatic rings. The third kappa shape index (κ3) is 3.16. The zero-order chi connectivity index (χ0) is 13.1. The van der Waals surface area contributed by atoms with Gasteiger partial charge in [0.1, 0.15) is 0 Å². The van der Waals surface area contributed by atoms with Gasteiger partial charge < -0.3 is 10.6 Å². The van der Waals surface area contributed by atoms with Crippen LogP contribution in [0.4, 0.5) is 5.69 Å². The van der Waals surface area contributed by atoms with E-state index in [1.54, 1.807) is 18.2 Å². The van der Waals surface area contributed by atoms with E-state index in [0.717, 1.165) is 19.4 Å². The molecule has 2 rings (SSSR count). The smallest absolute Gasteiger partial charge is 0.241 e. The van der Waals surface area contributed by atoms with E-state index in [1.165, 1.54) is 0 Å². The Morgan fingerprint density at radius 1 is 1.39 bits per heavy atom. The summed E-state index contributed by atoms with van der Waals surface area (Å²) in [4.78, 5) is 12.1. The minimum Gasteiger partial charge on any atom is -0.325 e. The lowest BCUT2D eigenvalue weighted by Crippen LogP contribution is -2.48. The Balaban J connectivity index is 2.04. The van der Waals surface area contributed by atoms with Crippen LogP contribution < -0.4 is 10.6 Å². The highest BCUT2D eigenvalue weighted by molar-refractivity contribution is 6.42. The normalized spacial score (nSPS) is 23.7. The Hall–Kier alpha value is -0.770. The van der Waals surface area contributed by atoms with Crippen molar-refractivity contribution in [3.05, 3.63) is 28.2 Å². The van der Waals surface area contributed by atoms with E-state index in [-0.39, 0.29) is 11.9 Å². The molecular weight excluding hydrogens is 271 g/mol. The van der Waals surface area contributed by atoms with Crippen molar-refractivity contribution in [2.75, 3.05) is 11.9 Å². The predicted molar refractivity (Wildman–Crippen MR) is 75.3 cm³/mol. The molecule has 1 heterocycles. The van der Waals surface area contributed by atoms with Gasteiger partial charge in [0.25, 0.3) is 0 Å². The Morgan fingerprint density at radius 3 is 2.83 bits per heavy atom. The first-order chi connectivity index (χ1) is 8.58. The summed E-state index contributed by atoms with van der Waals surface area (Å²) in [5.41, 5.74) is 0.675. The van der Waals surface area contributed by atoms with Gasteiger partial charge in [0.15, 0.2) is 0 Å². The molecule has 1 saturated heterocycles. The third-order valence-electron chi connectivity index (χ3n) is 3.24. The second-order valence-electron chi connectivity index (χ2n) is 4.67. The number of piperidine rings is 1. The molecule has 5 heteroatoms. The number of carbonyl (C=O) groups is 1. The van der Waals surface area contributed by atoms with Crippen molar-refractivity contribution < 1.29 is 4.79 Å². The minimum absolute atomic E-state index is 0.0133. The molecule has 0 bridgehead atoms. The van der Waals surface area contributed by atoms with Crippen LogP contribution in [-0.2, 0) is 4.79 Å². The average molecular weight is 287 g/mol. The highest BCUT2D eigenvalue weighted by Crippen LogP contribution is 2.25. The molecule has 0 radical (unpaired) electrons. The zero-order valence-electron chi connectivity index (χ0n) is 10.2. The van der Waals surface area contributed by atoms with Gasteiger partial charge >= 0.3 is 0 Å². The van der Waals surface area contributed by atoms with Crippen molar-refractivity contribution in [1.82, 2.24) is 5.32 Å². The maximum absolute atomic E-state index is 12.1. The van der Waals surface area contributed by atoms with E-state index >= 15 is 0 Å². The summed E-state index contributed by atoms with van der Waals surface area (Å²) in [7, 11) is 0. The van der Waals surface area contributed by atoms with Crippen LogP contribution in [0.25, 0.3) is 0 Å². The summed E-state index contributed by atoms with van der Waals surface area (Å²) >= 11 is 11.7. The molecule has 1 aliphatic heterocycles. The SMILES string of the molecule is CC1CCCNC1C(=O)Nc1ccc(Cl)c(Cl)c1. The van der Waals surface area contributed by atoms with Crippen LogP contribution in [0.3, 0.4) is 0 Å². The van der Waals surface area contributed by atoms with Crippen molar-refractivity contribution in [3.8, 4) is 0 Å². The lowest BCUT2D eigenvalue weighted by Gasteiger charge is -2.28. The topological polar surface area (TPSA) is 41.1 Å². The van der Waals surface area contributed by atoms with Crippen LogP contribution in [0.2, 0.25) is 10.0 Å². The first-order valence-corrected chi connectivity index (χ1v) is 6.83. The lowest BCUT2D eigenvalue weighted by molar-refractivity contribution is -0.119. The molecule has 18 heavy (non-hydrogen) atoms. The van der Waals surface area contributed by atoms with Crippen LogP contribution in [0.5, 0.6) is 0 Å². The van der Waals surface area contributed by atoms with Crippen LogP contribution >= 0.6 is 23.2 Å². The third-order valence-corrected chi connectivity index (χ3v) is 3.98. The quantitative estimate of drug-likeness (QED) is 0.876. The van der Waals surface area contributed by atoms with Crippen LogP contribution in [0.15, 0.2) is 18.2 Å². The van der Waals surface area contributed by atoms with E-state index in [0.29, 0.717) is 21.7 Å². The number of nitrogens with one attached hydrogen (secondary N) is 2. The van der Waals surface area contributed by atoms with Crippen LogP contribution in [-0.4, -0.2) is 18.5 Å². The minimum atomic E-state index is -0.131. The highest BCUT2D eigenvalue weighted by atomic mass is 35.5. The molecule has 1 fully saturated rings. The fourth-order valence-corrected chi connectivity index (χ4v) is 2.49. The van der Waals surface area contributed by atoms with Crippen molar-refractivity contribution in [2.45, 2.75) is 25.8 Å². The molecular formula is C13H16Cl2N2O. The highest BCUT2D eigenvalue weighted by Gasteiger charge is 2.27. The molecule has 2 atom stereocenters. The maximum atomic E-state index is 12.1. The molecule has 0 aromatic heterocycles. The average Bonchev–Trinajstić information content (AvgIpc) is 2.34. The van der Waals surface area contributed by atoms with Gasteiger partial charge in [-0.15, -0.1) is 0 Å². The lowest BCUT2D eigenvalue weighted by atomic mass is 9.92. The zero-order valence-corrected chi connectivity index (χ0v) is 11.7. The predicted octanol–water partition coefficient (Wildman–Crippen LogP) is 3.32. The second-order valence-corrected chi connectivity index (χ2v) is 5.48. The van der Waals surface area contributed by atoms with E-state index in [9.17, 15) is 4.79 Å². The Kier molecular flexibility index (Phi) is 4.49. The van der Waals surface area contributed by atoms with E-state index < -0.39 is 0 Å². The van der Waals surface area contributed by atoms with Crippen molar-refractivity contribution in [3.63, 3.8) is 0 Å². The van der Waals surface area contributed by atoms with Crippen molar-refractivity contribution >= 4 is 34.8 Å². The monoisotopic (exact) mass is 286 g/mol. The summed E-state index contributed by atoms with van der Waals surface area (Å²) in [5.74, 6) is 0.335. The Labute approximate surface area is 117 Å². The molecule has 1 aliphatic rings. The standard InChI is InChI=1S/C13H16Cl2N2O/c1-8-3-2-6-16-12(8)13(18)17-9-4-5-10(14)11(15)7-9/h4-5,7-8,12,16H,2-3,6H2,1H3,(H,17,18). The number of rotatable bonds is 2. The second kappa shape index (κ2) is 5.91. The van der Waals surface area contributed by atoms with Crippen LogP contribution in [0, 0.1) is 5.92 Å². The van der Waals surface area contributed by atoms with Gasteiger partial charge in [-0.3, -0.25) is 4.79 Å². The number of anilines is 1. The van der Waals surface area contributed by atoms with Crippen LogP contribution in [0.1, 0.15) is 19.8 Å². The number of halogens is 2. The summed E-state index contributed by atoms with van der Waals surface area (Å²) in [6.07, 6.45) is 2.20. The molecule has 2 unspecified atom stereocenters. The molecule has 0 aliphatic carbocycles. The molecule has 1 aromatic carbocycles. The van der Waals surface area contributed by atoms with Gasteiger partial charge in [-0.2, -0.15) is 0 Å². The number of hydrogen-bond donors (Lipinski definition) is 2. The molecule has 0 spiro atoms. The van der Waals surface area contributed by atoms with Crippen molar-refractivity contribution in [2.24, 2.45) is 5.92 Å². The van der Waals surface area contributed by atoms with Gasteiger partial charge in [-0.05, 0) is 43.5 Å². The summed E-state index contributed by atoms with van der Waals surface area (Å²) in [6, 6.07) is 4.96. The van der Waals surface area contributed by atoms with Gasteiger partial charge in [0, 0.05) is 5.69 Å². The number of amides is 1. The molecule has 0 saturated carbocycles. The number of hydrogen-bond acceptors (Lipinski definition) is 2. The van der Waals surface area contributed by atoms with Gasteiger partial charge in [-0.1, -0.05) is 30.1 Å². The van der Waals surface area contributed by atoms with E-state index in [1.807, 2.05) is 0 Å².